The van der Waals surface area contributed by atoms with Crippen LogP contribution >= 0.6 is 27.3 Å². The summed E-state index contributed by atoms with van der Waals surface area (Å²) in [7, 11) is 1.58. The fourth-order valence-electron chi connectivity index (χ4n) is 3.25. The number of halogens is 1. The third-order valence-corrected chi connectivity index (χ3v) is 6.21. The number of fused-ring (bicyclic) bond motifs is 1. The molecule has 1 aliphatic carbocycles. The zero-order valence-corrected chi connectivity index (χ0v) is 17.4. The van der Waals surface area contributed by atoms with E-state index in [9.17, 15) is 9.59 Å². The van der Waals surface area contributed by atoms with Gasteiger partial charge in [0.1, 0.15) is 10.8 Å². The molecule has 0 aliphatic heterocycles. The van der Waals surface area contributed by atoms with Crippen molar-refractivity contribution in [2.45, 2.75) is 32.1 Å². The third kappa shape index (κ3) is 4.59. The lowest BCUT2D eigenvalue weighted by molar-refractivity contribution is -0.111. The number of carbonyl (C=O) groups is 2. The van der Waals surface area contributed by atoms with Crippen molar-refractivity contribution in [3.05, 3.63) is 50.3 Å². The maximum absolute atomic E-state index is 12.4. The van der Waals surface area contributed by atoms with Crippen LogP contribution in [0.25, 0.3) is 6.08 Å². The Hall–Kier alpha value is -2.12. The Balaban J connectivity index is 1.82. The Labute approximate surface area is 170 Å². The van der Waals surface area contributed by atoms with Crippen molar-refractivity contribution in [3.8, 4) is 5.75 Å². The minimum atomic E-state index is -0.484. The van der Waals surface area contributed by atoms with Crippen molar-refractivity contribution in [2.75, 3.05) is 12.4 Å². The molecule has 7 heteroatoms. The average Bonchev–Trinajstić information content (AvgIpc) is 2.81. The van der Waals surface area contributed by atoms with Crippen molar-refractivity contribution in [2.24, 2.45) is 5.73 Å². The monoisotopic (exact) mass is 448 g/mol. The summed E-state index contributed by atoms with van der Waals surface area (Å²) < 4.78 is 6.20. The molecule has 5 nitrogen and oxygen atoms in total. The summed E-state index contributed by atoms with van der Waals surface area (Å²) in [6.45, 7) is 0. The van der Waals surface area contributed by atoms with E-state index < -0.39 is 5.91 Å². The van der Waals surface area contributed by atoms with Gasteiger partial charge in [-0.05, 0) is 55.5 Å². The van der Waals surface area contributed by atoms with E-state index in [-0.39, 0.29) is 5.91 Å². The smallest absolute Gasteiger partial charge is 0.251 e. The zero-order chi connectivity index (χ0) is 19.4. The SMILES string of the molecule is COc1ccc(Br)cc1C=CC(=O)Nc1sc2c(c1C(N)=O)CCCCC2. The van der Waals surface area contributed by atoms with Gasteiger partial charge in [0, 0.05) is 21.0 Å². The van der Waals surface area contributed by atoms with E-state index in [0.29, 0.717) is 16.3 Å². The molecule has 0 spiro atoms. The van der Waals surface area contributed by atoms with Crippen molar-refractivity contribution in [1.29, 1.82) is 0 Å². The highest BCUT2D eigenvalue weighted by Crippen LogP contribution is 2.37. The number of hydrogen-bond acceptors (Lipinski definition) is 4. The summed E-state index contributed by atoms with van der Waals surface area (Å²) in [5.41, 5.74) is 7.87. The molecule has 2 aromatic rings. The first-order chi connectivity index (χ1) is 13.0. The molecule has 0 bridgehead atoms. The number of rotatable bonds is 5. The Bertz CT molecular complexity index is 905. The van der Waals surface area contributed by atoms with Crippen LogP contribution in [0.1, 0.15) is 45.6 Å². The largest absolute Gasteiger partial charge is 0.496 e. The lowest BCUT2D eigenvalue weighted by Crippen LogP contribution is -2.16. The first-order valence-electron chi connectivity index (χ1n) is 8.76. The second kappa shape index (κ2) is 8.71. The number of ether oxygens (including phenoxy) is 1. The Kier molecular flexibility index (Phi) is 6.34. The number of amides is 2. The molecule has 27 heavy (non-hydrogen) atoms. The molecule has 1 aromatic carbocycles. The molecule has 1 aliphatic rings. The fraction of sp³-hybridized carbons (Fsp3) is 0.300. The van der Waals surface area contributed by atoms with E-state index >= 15 is 0 Å². The molecular formula is C20H21BrN2O3S. The minimum Gasteiger partial charge on any atom is -0.496 e. The van der Waals surface area contributed by atoms with Gasteiger partial charge in [0.25, 0.3) is 5.91 Å². The van der Waals surface area contributed by atoms with Gasteiger partial charge >= 0.3 is 0 Å². The number of nitrogens with one attached hydrogen (secondary N) is 1. The summed E-state index contributed by atoms with van der Waals surface area (Å²) in [6, 6.07) is 5.56. The number of hydrogen-bond donors (Lipinski definition) is 2. The molecule has 2 amide bonds. The number of aryl methyl sites for hydroxylation is 1. The van der Waals surface area contributed by atoms with Crippen LogP contribution in [0.4, 0.5) is 5.00 Å². The van der Waals surface area contributed by atoms with Gasteiger partial charge in [-0.2, -0.15) is 0 Å². The van der Waals surface area contributed by atoms with Crippen molar-refractivity contribution < 1.29 is 14.3 Å². The van der Waals surface area contributed by atoms with Crippen LogP contribution < -0.4 is 15.8 Å². The molecule has 3 rings (SSSR count). The van der Waals surface area contributed by atoms with E-state index in [1.165, 1.54) is 17.4 Å². The molecule has 0 atom stereocenters. The summed E-state index contributed by atoms with van der Waals surface area (Å²) in [5.74, 6) is -0.124. The number of carbonyl (C=O) groups excluding carboxylic acids is 2. The van der Waals surface area contributed by atoms with E-state index in [1.54, 1.807) is 13.2 Å². The van der Waals surface area contributed by atoms with Gasteiger partial charge in [-0.3, -0.25) is 9.59 Å². The fourth-order valence-corrected chi connectivity index (χ4v) is 4.92. The minimum absolute atomic E-state index is 0.309. The summed E-state index contributed by atoms with van der Waals surface area (Å²) in [5, 5.41) is 3.38. The topological polar surface area (TPSA) is 81.4 Å². The lowest BCUT2D eigenvalue weighted by Gasteiger charge is -2.06. The van der Waals surface area contributed by atoms with Gasteiger partial charge in [0.2, 0.25) is 5.91 Å². The van der Waals surface area contributed by atoms with E-state index in [0.717, 1.165) is 52.6 Å². The van der Waals surface area contributed by atoms with Crippen molar-refractivity contribution >= 4 is 50.2 Å². The summed E-state index contributed by atoms with van der Waals surface area (Å²) >= 11 is 4.88. The van der Waals surface area contributed by atoms with Crippen LogP contribution in [0.5, 0.6) is 5.75 Å². The first-order valence-corrected chi connectivity index (χ1v) is 10.4. The van der Waals surface area contributed by atoms with Gasteiger partial charge < -0.3 is 15.8 Å². The van der Waals surface area contributed by atoms with Gasteiger partial charge in [-0.25, -0.2) is 0 Å². The maximum atomic E-state index is 12.4. The molecular weight excluding hydrogens is 428 g/mol. The number of primary amides is 1. The lowest BCUT2D eigenvalue weighted by atomic mass is 10.1. The predicted octanol–water partition coefficient (Wildman–Crippen LogP) is 4.54. The molecule has 0 fully saturated rings. The van der Waals surface area contributed by atoms with Gasteiger partial charge in [0.15, 0.2) is 0 Å². The second-order valence-electron chi connectivity index (χ2n) is 6.34. The number of benzene rings is 1. The molecule has 0 saturated carbocycles. The van der Waals surface area contributed by atoms with Crippen LogP contribution in [-0.4, -0.2) is 18.9 Å². The highest BCUT2D eigenvalue weighted by molar-refractivity contribution is 9.10. The number of thiophene rings is 1. The number of nitrogens with two attached hydrogens (primary N) is 1. The number of anilines is 1. The maximum Gasteiger partial charge on any atom is 0.251 e. The molecule has 0 saturated heterocycles. The molecule has 1 aromatic heterocycles. The molecule has 1 heterocycles. The van der Waals surface area contributed by atoms with Gasteiger partial charge in [0.05, 0.1) is 12.7 Å². The summed E-state index contributed by atoms with van der Waals surface area (Å²) in [4.78, 5) is 25.6. The Morgan fingerprint density at radius 3 is 2.78 bits per heavy atom. The first kappa shape index (κ1) is 19.6. The van der Waals surface area contributed by atoms with Crippen molar-refractivity contribution in [3.63, 3.8) is 0 Å². The zero-order valence-electron chi connectivity index (χ0n) is 15.0. The standard InChI is InChI=1S/C20H21BrN2O3S/c1-26-15-9-8-13(21)11-12(15)7-10-17(24)23-20-18(19(22)25)14-5-3-2-4-6-16(14)27-20/h7-11H,2-6H2,1H3,(H2,22,25)(H,23,24). The van der Waals surface area contributed by atoms with E-state index in [4.69, 9.17) is 10.5 Å². The van der Waals surface area contributed by atoms with Gasteiger partial charge in [-0.1, -0.05) is 22.4 Å². The second-order valence-corrected chi connectivity index (χ2v) is 8.36. The molecule has 0 radical (unpaired) electrons. The van der Waals surface area contributed by atoms with Crippen LogP contribution in [0.2, 0.25) is 0 Å². The van der Waals surface area contributed by atoms with E-state index in [2.05, 4.69) is 21.2 Å². The normalized spacial score (nSPS) is 13.9. The molecule has 3 N–H and O–H groups in total. The molecule has 142 valence electrons. The highest BCUT2D eigenvalue weighted by Gasteiger charge is 2.23. The van der Waals surface area contributed by atoms with E-state index in [1.807, 2.05) is 18.2 Å². The van der Waals surface area contributed by atoms with Crippen LogP contribution in [-0.2, 0) is 17.6 Å². The predicted molar refractivity (Wildman–Crippen MR) is 112 cm³/mol. The average molecular weight is 449 g/mol. The quantitative estimate of drug-likeness (QED) is 0.520. The van der Waals surface area contributed by atoms with Crippen LogP contribution in [0, 0.1) is 0 Å². The summed E-state index contributed by atoms with van der Waals surface area (Å²) in [6.07, 6.45) is 8.17. The van der Waals surface area contributed by atoms with Crippen LogP contribution in [0.15, 0.2) is 28.7 Å². The highest BCUT2D eigenvalue weighted by atomic mass is 79.9. The third-order valence-electron chi connectivity index (χ3n) is 4.51. The van der Waals surface area contributed by atoms with Crippen LogP contribution in [0.3, 0.4) is 0 Å². The Morgan fingerprint density at radius 1 is 1.26 bits per heavy atom. The van der Waals surface area contributed by atoms with Gasteiger partial charge in [-0.15, -0.1) is 11.3 Å². The number of methoxy groups -OCH3 is 1. The van der Waals surface area contributed by atoms with Crippen molar-refractivity contribution in [1.82, 2.24) is 0 Å². The molecule has 0 unspecified atom stereocenters. The Morgan fingerprint density at radius 2 is 2.04 bits per heavy atom.